The van der Waals surface area contributed by atoms with Gasteiger partial charge in [0, 0.05) is 0 Å². The summed E-state index contributed by atoms with van der Waals surface area (Å²) in [6.07, 6.45) is 6.36. The summed E-state index contributed by atoms with van der Waals surface area (Å²) in [4.78, 5) is 9.86. The summed E-state index contributed by atoms with van der Waals surface area (Å²) >= 11 is 0. The third kappa shape index (κ3) is 3.00. The minimum atomic E-state index is 0.527. The van der Waals surface area contributed by atoms with E-state index in [1.807, 2.05) is 0 Å². The molecule has 0 bridgehead atoms. The van der Waals surface area contributed by atoms with Crippen LogP contribution >= 0.6 is 0 Å². The van der Waals surface area contributed by atoms with Crippen molar-refractivity contribution in [1.82, 2.24) is 0 Å². The van der Waals surface area contributed by atoms with Crippen LogP contribution in [0.25, 0.3) is 0 Å². The third-order valence-corrected chi connectivity index (χ3v) is 2.76. The van der Waals surface area contributed by atoms with Crippen molar-refractivity contribution in [2.24, 2.45) is 17.0 Å². The summed E-state index contributed by atoms with van der Waals surface area (Å²) in [5.74, 6) is 1.71. The van der Waals surface area contributed by atoms with Crippen LogP contribution in [-0.2, 0) is 0 Å². The molecule has 0 spiro atoms. The molecule has 0 aliphatic heterocycles. The first kappa shape index (κ1) is 8.69. The summed E-state index contributed by atoms with van der Waals surface area (Å²) in [7, 11) is 0. The molecule has 1 aliphatic rings. The summed E-state index contributed by atoms with van der Waals surface area (Å²) in [5.41, 5.74) is 0. The normalized spacial score (nSPS) is 31.7. The second-order valence-electron chi connectivity index (χ2n) is 3.77. The molecule has 2 heteroatoms. The van der Waals surface area contributed by atoms with Gasteiger partial charge in [0.1, 0.15) is 0 Å². The molecule has 0 amide bonds. The molecular weight excluding hydrogens is 138 g/mol. The summed E-state index contributed by atoms with van der Waals surface area (Å²) in [6.45, 7) is 2.84. The van der Waals surface area contributed by atoms with Crippen molar-refractivity contribution < 1.29 is 0 Å². The largest absolute Gasteiger partial charge is 0.151 e. The van der Waals surface area contributed by atoms with Crippen molar-refractivity contribution in [3.63, 3.8) is 0 Å². The SMILES string of the molecule is CC1CCC(CCN=O)CC1. The Morgan fingerprint density at radius 1 is 1.27 bits per heavy atom. The van der Waals surface area contributed by atoms with Crippen LogP contribution in [0.5, 0.6) is 0 Å². The van der Waals surface area contributed by atoms with E-state index in [2.05, 4.69) is 12.1 Å². The molecule has 0 radical (unpaired) electrons. The topological polar surface area (TPSA) is 29.4 Å². The fraction of sp³-hybridized carbons (Fsp3) is 1.00. The molecule has 0 aromatic carbocycles. The van der Waals surface area contributed by atoms with Crippen molar-refractivity contribution in [1.29, 1.82) is 0 Å². The Kier molecular flexibility index (Phi) is 3.53. The lowest BCUT2D eigenvalue weighted by molar-refractivity contribution is 0.280. The van der Waals surface area contributed by atoms with Crippen LogP contribution in [0.3, 0.4) is 0 Å². The lowest BCUT2D eigenvalue weighted by Crippen LogP contribution is -2.12. The molecule has 1 saturated carbocycles. The molecule has 0 unspecified atom stereocenters. The Hall–Kier alpha value is -0.400. The van der Waals surface area contributed by atoms with E-state index in [1.54, 1.807) is 0 Å². The van der Waals surface area contributed by atoms with E-state index in [9.17, 15) is 4.91 Å². The Labute approximate surface area is 68.3 Å². The molecule has 1 rings (SSSR count). The molecule has 0 aromatic rings. The number of nitroso groups, excluding NO2 is 1. The highest BCUT2D eigenvalue weighted by Gasteiger charge is 2.17. The third-order valence-electron chi connectivity index (χ3n) is 2.76. The second-order valence-corrected chi connectivity index (χ2v) is 3.77. The number of hydrogen-bond donors (Lipinski definition) is 0. The molecule has 0 saturated heterocycles. The number of hydrogen-bond acceptors (Lipinski definition) is 2. The average Bonchev–Trinajstić information content (AvgIpc) is 2.04. The van der Waals surface area contributed by atoms with E-state index in [0.29, 0.717) is 6.54 Å². The van der Waals surface area contributed by atoms with Crippen LogP contribution in [0.2, 0.25) is 0 Å². The summed E-state index contributed by atoms with van der Waals surface area (Å²) in [5, 5.41) is 2.90. The zero-order valence-corrected chi connectivity index (χ0v) is 7.25. The predicted octanol–water partition coefficient (Wildman–Crippen LogP) is 2.97. The van der Waals surface area contributed by atoms with Crippen molar-refractivity contribution >= 4 is 0 Å². The molecule has 1 aliphatic carbocycles. The maximum Gasteiger partial charge on any atom is 0.0813 e. The predicted molar refractivity (Wildman–Crippen MR) is 46.4 cm³/mol. The molecule has 64 valence electrons. The molecule has 0 aromatic heterocycles. The van der Waals surface area contributed by atoms with Crippen molar-refractivity contribution in [2.75, 3.05) is 6.54 Å². The fourth-order valence-corrected chi connectivity index (χ4v) is 1.85. The zero-order valence-electron chi connectivity index (χ0n) is 7.25. The smallest absolute Gasteiger partial charge is 0.0813 e. The van der Waals surface area contributed by atoms with Crippen LogP contribution in [0.15, 0.2) is 5.18 Å². The first-order valence-corrected chi connectivity index (χ1v) is 4.62. The monoisotopic (exact) mass is 155 g/mol. The van der Waals surface area contributed by atoms with Gasteiger partial charge in [0.05, 0.1) is 6.54 Å². The van der Waals surface area contributed by atoms with E-state index >= 15 is 0 Å². The van der Waals surface area contributed by atoms with Gasteiger partial charge in [0.15, 0.2) is 0 Å². The first-order chi connectivity index (χ1) is 5.33. The maximum atomic E-state index is 9.86. The minimum absolute atomic E-state index is 0.527. The second kappa shape index (κ2) is 4.47. The van der Waals surface area contributed by atoms with Gasteiger partial charge in [-0.15, -0.1) is 0 Å². The standard InChI is InChI=1S/C9H17NO/c1-8-2-4-9(5-3-8)6-7-10-11/h8-9H,2-7H2,1H3. The van der Waals surface area contributed by atoms with Gasteiger partial charge in [0.2, 0.25) is 0 Å². The summed E-state index contributed by atoms with van der Waals surface area (Å²) < 4.78 is 0. The van der Waals surface area contributed by atoms with Crippen LogP contribution in [0.4, 0.5) is 0 Å². The highest BCUT2D eigenvalue weighted by atomic mass is 16.3. The van der Waals surface area contributed by atoms with Crippen molar-refractivity contribution in [3.8, 4) is 0 Å². The van der Waals surface area contributed by atoms with Gasteiger partial charge in [-0.2, -0.15) is 4.91 Å². The highest BCUT2D eigenvalue weighted by Crippen LogP contribution is 2.30. The van der Waals surface area contributed by atoms with Crippen LogP contribution in [-0.4, -0.2) is 6.54 Å². The van der Waals surface area contributed by atoms with Crippen molar-refractivity contribution in [2.45, 2.75) is 39.0 Å². The first-order valence-electron chi connectivity index (χ1n) is 4.62. The van der Waals surface area contributed by atoms with E-state index in [0.717, 1.165) is 18.3 Å². The van der Waals surface area contributed by atoms with Crippen LogP contribution < -0.4 is 0 Å². The lowest BCUT2D eigenvalue weighted by atomic mass is 9.81. The Morgan fingerprint density at radius 3 is 2.45 bits per heavy atom. The lowest BCUT2D eigenvalue weighted by Gasteiger charge is -2.25. The number of rotatable bonds is 3. The van der Waals surface area contributed by atoms with Gasteiger partial charge >= 0.3 is 0 Å². The Morgan fingerprint density at radius 2 is 1.91 bits per heavy atom. The van der Waals surface area contributed by atoms with E-state index < -0.39 is 0 Å². The fourth-order valence-electron chi connectivity index (χ4n) is 1.85. The molecule has 11 heavy (non-hydrogen) atoms. The Bertz CT molecular complexity index is 117. The molecule has 0 N–H and O–H groups in total. The van der Waals surface area contributed by atoms with E-state index in [4.69, 9.17) is 0 Å². The zero-order chi connectivity index (χ0) is 8.10. The van der Waals surface area contributed by atoms with Crippen LogP contribution in [0.1, 0.15) is 39.0 Å². The highest BCUT2D eigenvalue weighted by molar-refractivity contribution is 4.70. The summed E-state index contributed by atoms with van der Waals surface area (Å²) in [6, 6.07) is 0. The maximum absolute atomic E-state index is 9.86. The molecule has 0 heterocycles. The molecule has 2 nitrogen and oxygen atoms in total. The van der Waals surface area contributed by atoms with Gasteiger partial charge in [-0.25, -0.2) is 0 Å². The Balaban J connectivity index is 2.12. The van der Waals surface area contributed by atoms with Gasteiger partial charge in [0.25, 0.3) is 0 Å². The van der Waals surface area contributed by atoms with Gasteiger partial charge in [-0.05, 0) is 18.3 Å². The van der Waals surface area contributed by atoms with Gasteiger partial charge in [-0.1, -0.05) is 37.8 Å². The quantitative estimate of drug-likeness (QED) is 0.576. The molecule has 1 fully saturated rings. The van der Waals surface area contributed by atoms with E-state index in [-0.39, 0.29) is 0 Å². The molecule has 0 atom stereocenters. The minimum Gasteiger partial charge on any atom is -0.151 e. The molecular formula is C9H17NO. The van der Waals surface area contributed by atoms with Crippen LogP contribution in [0, 0.1) is 16.7 Å². The number of nitrogens with zero attached hydrogens (tertiary/aromatic N) is 1. The average molecular weight is 155 g/mol. The van der Waals surface area contributed by atoms with Crippen molar-refractivity contribution in [3.05, 3.63) is 4.91 Å². The van der Waals surface area contributed by atoms with Gasteiger partial charge in [-0.3, -0.25) is 0 Å². The van der Waals surface area contributed by atoms with E-state index in [1.165, 1.54) is 25.7 Å². The van der Waals surface area contributed by atoms with Gasteiger partial charge < -0.3 is 0 Å².